The molecule has 5 heavy (non-hydrogen) atoms. The Morgan fingerprint density at radius 2 is 0.600 bits per heavy atom. The van der Waals surface area contributed by atoms with E-state index in [0.29, 0.717) is 0 Å². The third-order valence-corrected chi connectivity index (χ3v) is 0. The fourth-order valence-corrected chi connectivity index (χ4v) is 0. The second kappa shape index (κ2) is 49.4. The fraction of sp³-hybridized carbons (Fsp3) is 0. The van der Waals surface area contributed by atoms with Gasteiger partial charge in [0.15, 0.2) is 0 Å². The van der Waals surface area contributed by atoms with Gasteiger partial charge in [-0.1, -0.05) is 0 Å². The zero-order valence-corrected chi connectivity index (χ0v) is 6.95. The molecule has 0 spiro atoms. The molecule has 0 heterocycles. The molecule has 24 valence electrons. The van der Waals surface area contributed by atoms with Gasteiger partial charge in [0.2, 0.25) is 0 Å². The molecular formula is N3NbZr. The molecule has 0 fully saturated rings. The van der Waals surface area contributed by atoms with Gasteiger partial charge in [-0.3, -0.25) is 0 Å². The van der Waals surface area contributed by atoms with Crippen molar-refractivity contribution in [3.8, 4) is 0 Å². The summed E-state index contributed by atoms with van der Waals surface area (Å²) in [5.74, 6) is 0. The van der Waals surface area contributed by atoms with Crippen LogP contribution in [0, 0.1) is 0 Å². The first kappa shape index (κ1) is 87.1. The maximum absolute atomic E-state index is 0. The van der Waals surface area contributed by atoms with Crippen molar-refractivity contribution in [1.82, 2.24) is 0 Å². The van der Waals surface area contributed by atoms with Crippen LogP contribution >= 0.6 is 0 Å². The normalized spacial score (nSPS) is 0. The van der Waals surface area contributed by atoms with Crippen LogP contribution in [0.4, 0.5) is 0 Å². The molecule has 0 radical (unpaired) electrons. The van der Waals surface area contributed by atoms with E-state index in [0.717, 1.165) is 0 Å². The second-order valence-electron chi connectivity index (χ2n) is 0. The number of hydrogen-bond donors (Lipinski definition) is 0. The molecule has 0 aliphatic heterocycles. The molecule has 0 rings (SSSR count). The van der Waals surface area contributed by atoms with Crippen molar-refractivity contribution in [3.05, 3.63) is 18.5 Å². The molecule has 0 bridgehead atoms. The summed E-state index contributed by atoms with van der Waals surface area (Å²) in [6, 6.07) is 0. The van der Waals surface area contributed by atoms with Crippen LogP contribution in [0.1, 0.15) is 0 Å². The molecule has 0 amide bonds. The zero-order valence-electron chi connectivity index (χ0n) is 2.29. The van der Waals surface area contributed by atoms with Crippen molar-refractivity contribution in [2.75, 3.05) is 0 Å². The van der Waals surface area contributed by atoms with E-state index < -0.39 is 0 Å². The standard InChI is InChI=1S/3N.Nb.Zr/q3*-3;+5;+4. The van der Waals surface area contributed by atoms with Gasteiger partial charge in [-0.05, 0) is 0 Å². The second-order valence-corrected chi connectivity index (χ2v) is 0. The van der Waals surface area contributed by atoms with Crippen molar-refractivity contribution >= 4 is 0 Å². The Balaban J connectivity index is 0. The smallest absolute Gasteiger partial charge is 3.00 e. The van der Waals surface area contributed by atoms with Crippen molar-refractivity contribution in [2.24, 2.45) is 0 Å². The maximum atomic E-state index is 0. The van der Waals surface area contributed by atoms with Crippen molar-refractivity contribution < 1.29 is 48.6 Å². The van der Waals surface area contributed by atoms with Gasteiger partial charge in [0, 0.05) is 0 Å². The fourth-order valence-electron chi connectivity index (χ4n) is 0. The minimum atomic E-state index is 0. The van der Waals surface area contributed by atoms with Crippen LogP contribution in [-0.2, 0) is 48.6 Å². The first-order valence-corrected chi connectivity index (χ1v) is 0. The molecule has 0 N–H and O–H groups in total. The molecule has 5 heteroatoms. The molecule has 0 aliphatic carbocycles. The van der Waals surface area contributed by atoms with E-state index in [-0.39, 0.29) is 67.0 Å². The summed E-state index contributed by atoms with van der Waals surface area (Å²) in [5, 5.41) is 0. The van der Waals surface area contributed by atoms with Gasteiger partial charge in [-0.15, -0.1) is 0 Å². The monoisotopic (exact) mass is 225 g/mol. The number of rotatable bonds is 0. The molecule has 0 atom stereocenters. The van der Waals surface area contributed by atoms with E-state index >= 15 is 0 Å². The minimum absolute atomic E-state index is 0. The van der Waals surface area contributed by atoms with Gasteiger partial charge >= 0.3 is 48.6 Å². The van der Waals surface area contributed by atoms with Crippen molar-refractivity contribution in [2.45, 2.75) is 0 Å². The third kappa shape index (κ3) is 29.9. The van der Waals surface area contributed by atoms with E-state index in [4.69, 9.17) is 0 Å². The molecule has 0 aliphatic rings. The summed E-state index contributed by atoms with van der Waals surface area (Å²) >= 11 is 0. The molecular weight excluding hydrogens is 226 g/mol. The largest absolute Gasteiger partial charge is 5.00 e. The van der Waals surface area contributed by atoms with Crippen LogP contribution in [0.5, 0.6) is 0 Å². The van der Waals surface area contributed by atoms with E-state index in [2.05, 4.69) is 0 Å². The van der Waals surface area contributed by atoms with Crippen molar-refractivity contribution in [1.29, 1.82) is 0 Å². The third-order valence-electron chi connectivity index (χ3n) is 0. The molecule has 3 nitrogen and oxygen atoms in total. The number of nitrogens with zero attached hydrogens (tertiary/aromatic N) is 3. The van der Waals surface area contributed by atoms with Gasteiger partial charge in [-0.25, -0.2) is 0 Å². The quantitative estimate of drug-likeness (QED) is 0.548. The van der Waals surface area contributed by atoms with Crippen LogP contribution in [0.3, 0.4) is 0 Å². The van der Waals surface area contributed by atoms with Gasteiger partial charge in [0.05, 0.1) is 0 Å². The summed E-state index contributed by atoms with van der Waals surface area (Å²) in [6.45, 7) is 0. The number of hydrogen-bond acceptors (Lipinski definition) is 0. The Labute approximate surface area is 66.7 Å². The Hall–Kier alpha value is 1.50. The van der Waals surface area contributed by atoms with Crippen LogP contribution in [0.2, 0.25) is 0 Å². The Kier molecular flexibility index (Phi) is 861. The first-order valence-electron chi connectivity index (χ1n) is 0. The summed E-state index contributed by atoms with van der Waals surface area (Å²) in [5.41, 5.74) is 0. The molecule has 0 aromatic carbocycles. The average Bonchev–Trinajstić information content (AvgIpc) is 0. The van der Waals surface area contributed by atoms with Gasteiger partial charge in [-0.2, -0.15) is 0 Å². The van der Waals surface area contributed by atoms with E-state index in [1.54, 1.807) is 0 Å². The molecule has 0 saturated heterocycles. The van der Waals surface area contributed by atoms with Gasteiger partial charge < -0.3 is 18.5 Å². The molecule has 0 aromatic heterocycles. The predicted octanol–water partition coefficient (Wildman–Crippen LogP) is 0.861. The summed E-state index contributed by atoms with van der Waals surface area (Å²) < 4.78 is 0. The maximum Gasteiger partial charge on any atom is 5.00 e. The minimum Gasteiger partial charge on any atom is -3.00 e. The molecule has 0 saturated carbocycles. The van der Waals surface area contributed by atoms with Crippen LogP contribution in [0.25, 0.3) is 18.5 Å². The van der Waals surface area contributed by atoms with Gasteiger partial charge in [0.25, 0.3) is 0 Å². The summed E-state index contributed by atoms with van der Waals surface area (Å²) in [6.07, 6.45) is 0. The van der Waals surface area contributed by atoms with Crippen LogP contribution in [-0.4, -0.2) is 0 Å². The average molecular weight is 226 g/mol. The Morgan fingerprint density at radius 1 is 0.600 bits per heavy atom. The molecule has 0 aromatic rings. The van der Waals surface area contributed by atoms with E-state index in [1.807, 2.05) is 0 Å². The first-order chi connectivity index (χ1) is 0. The van der Waals surface area contributed by atoms with Gasteiger partial charge in [0.1, 0.15) is 0 Å². The van der Waals surface area contributed by atoms with Crippen LogP contribution < -0.4 is 0 Å². The van der Waals surface area contributed by atoms with E-state index in [1.165, 1.54) is 0 Å². The summed E-state index contributed by atoms with van der Waals surface area (Å²) in [7, 11) is 0. The predicted molar refractivity (Wildman–Crippen MR) is 10.1 cm³/mol. The summed E-state index contributed by atoms with van der Waals surface area (Å²) in [4.78, 5) is 0. The van der Waals surface area contributed by atoms with E-state index in [9.17, 15) is 0 Å². The SMILES string of the molecule is [N-3].[N-3].[N-3].[Nb+5].[Zr+4]. The van der Waals surface area contributed by atoms with Crippen molar-refractivity contribution in [3.63, 3.8) is 0 Å². The zero-order chi connectivity index (χ0) is 0. The topological polar surface area (TPSA) is 91.5 Å². The molecule has 0 unspecified atom stereocenters. The van der Waals surface area contributed by atoms with Crippen LogP contribution in [0.15, 0.2) is 0 Å². The Bertz CT molecular complexity index is 6.85. The Morgan fingerprint density at radius 3 is 0.600 bits per heavy atom.